The maximum Gasteiger partial charge on any atom is 0.267 e. The smallest absolute Gasteiger partial charge is 0.267 e. The van der Waals surface area contributed by atoms with E-state index in [1.807, 2.05) is 0 Å². The van der Waals surface area contributed by atoms with Gasteiger partial charge >= 0.3 is 0 Å². The molecule has 1 aliphatic carbocycles. The third kappa shape index (κ3) is 5.14. The second-order valence-electron chi connectivity index (χ2n) is 9.14. The molecule has 3 heterocycles. The molecule has 2 N–H and O–H groups in total. The number of benzene rings is 2. The molecule has 5 aromatic rings. The number of amides is 2. The number of aromatic nitrogens is 4. The van der Waals surface area contributed by atoms with E-state index in [1.165, 1.54) is 76.1 Å². The number of pyridine rings is 1. The van der Waals surface area contributed by atoms with Gasteiger partial charge in [-0.25, -0.2) is 18.3 Å². The van der Waals surface area contributed by atoms with Crippen molar-refractivity contribution in [1.82, 2.24) is 19.2 Å². The molecular formula is C28H20F2N6O4. The fourth-order valence-corrected chi connectivity index (χ4v) is 4.00. The number of carbonyl (C=O) groups excluding carboxylic acids is 2. The third-order valence-corrected chi connectivity index (χ3v) is 6.20. The number of anilines is 2. The molecule has 10 nitrogen and oxygen atoms in total. The van der Waals surface area contributed by atoms with Crippen LogP contribution in [0.1, 0.15) is 23.2 Å². The average molecular weight is 543 g/mol. The molecule has 0 spiro atoms. The Balaban J connectivity index is 1.16. The minimum Gasteiger partial charge on any atom is -0.434 e. The number of ether oxygens (including phenoxy) is 1. The van der Waals surface area contributed by atoms with Gasteiger partial charge in [-0.05, 0) is 67.4 Å². The van der Waals surface area contributed by atoms with Crippen molar-refractivity contribution in [2.45, 2.75) is 12.8 Å². The maximum absolute atomic E-state index is 14.9. The lowest BCUT2D eigenvalue weighted by molar-refractivity contribution is -0.117. The van der Waals surface area contributed by atoms with Crippen molar-refractivity contribution in [1.29, 1.82) is 0 Å². The van der Waals surface area contributed by atoms with Crippen molar-refractivity contribution >= 4 is 29.0 Å². The predicted octanol–water partition coefficient (Wildman–Crippen LogP) is 4.55. The molecule has 12 heteroatoms. The Morgan fingerprint density at radius 2 is 1.77 bits per heavy atom. The van der Waals surface area contributed by atoms with Crippen LogP contribution in [-0.4, -0.2) is 31.0 Å². The Morgan fingerprint density at radius 1 is 0.975 bits per heavy atom. The van der Waals surface area contributed by atoms with Gasteiger partial charge in [-0.3, -0.25) is 19.0 Å². The van der Waals surface area contributed by atoms with E-state index in [-0.39, 0.29) is 34.7 Å². The fourth-order valence-electron chi connectivity index (χ4n) is 4.00. The molecule has 200 valence electrons. The second kappa shape index (κ2) is 10.1. The Morgan fingerprint density at radius 3 is 2.52 bits per heavy atom. The number of fused-ring (bicyclic) bond motifs is 1. The Kier molecular flexibility index (Phi) is 6.27. The number of carbonyl (C=O) groups is 2. The molecule has 0 aliphatic heterocycles. The third-order valence-electron chi connectivity index (χ3n) is 6.20. The molecule has 1 fully saturated rings. The average Bonchev–Trinajstić information content (AvgIpc) is 3.71. The lowest BCUT2D eigenvalue weighted by Gasteiger charge is -2.10. The molecule has 2 aromatic carbocycles. The van der Waals surface area contributed by atoms with Crippen molar-refractivity contribution in [3.8, 4) is 17.3 Å². The van der Waals surface area contributed by atoms with Crippen LogP contribution in [-0.2, 0) is 4.79 Å². The van der Waals surface area contributed by atoms with Gasteiger partial charge in [0.1, 0.15) is 11.4 Å². The molecule has 1 saturated carbocycles. The van der Waals surface area contributed by atoms with Gasteiger partial charge in [0.05, 0.1) is 6.20 Å². The van der Waals surface area contributed by atoms with Gasteiger partial charge in [0.15, 0.2) is 23.0 Å². The molecule has 2 amide bonds. The summed E-state index contributed by atoms with van der Waals surface area (Å²) < 4.78 is 36.3. The summed E-state index contributed by atoms with van der Waals surface area (Å²) in [6.07, 6.45) is 4.73. The minimum absolute atomic E-state index is 0.0280. The highest BCUT2D eigenvalue weighted by molar-refractivity contribution is 6.04. The van der Waals surface area contributed by atoms with E-state index < -0.39 is 23.1 Å². The van der Waals surface area contributed by atoms with Gasteiger partial charge in [-0.15, -0.1) is 5.10 Å². The lowest BCUT2D eigenvalue weighted by Crippen LogP contribution is -2.27. The zero-order valence-electron chi connectivity index (χ0n) is 20.7. The first kappa shape index (κ1) is 24.9. The van der Waals surface area contributed by atoms with Crippen LogP contribution < -0.4 is 20.9 Å². The summed E-state index contributed by atoms with van der Waals surface area (Å²) >= 11 is 0. The molecule has 0 saturated heterocycles. The van der Waals surface area contributed by atoms with Crippen molar-refractivity contribution < 1.29 is 23.1 Å². The number of nitrogens with one attached hydrogen (secondary N) is 2. The van der Waals surface area contributed by atoms with E-state index >= 15 is 0 Å². The first-order chi connectivity index (χ1) is 19.3. The lowest BCUT2D eigenvalue weighted by atomic mass is 10.2. The highest BCUT2D eigenvalue weighted by Crippen LogP contribution is 2.30. The highest BCUT2D eigenvalue weighted by atomic mass is 19.1. The van der Waals surface area contributed by atoms with Gasteiger partial charge in [0, 0.05) is 35.6 Å². The van der Waals surface area contributed by atoms with Gasteiger partial charge in [-0.1, -0.05) is 0 Å². The van der Waals surface area contributed by atoms with Crippen molar-refractivity contribution in [2.24, 2.45) is 5.92 Å². The number of nitrogens with zero attached hydrogens (tertiary/aromatic N) is 4. The van der Waals surface area contributed by atoms with Gasteiger partial charge in [0.2, 0.25) is 11.8 Å². The normalized spacial score (nSPS) is 12.8. The molecule has 0 bridgehead atoms. The predicted molar refractivity (Wildman–Crippen MR) is 141 cm³/mol. The summed E-state index contributed by atoms with van der Waals surface area (Å²) in [5.74, 6) is -1.75. The molecule has 40 heavy (non-hydrogen) atoms. The minimum atomic E-state index is -0.778. The molecular weight excluding hydrogens is 522 g/mol. The SMILES string of the molecule is O=C(Nc1ccc(Oc2ccc3nc(NC(=O)C4CC4)cn3n2)c(F)c1)c1cccn(-c2ccc(F)cc2)c1=O. The van der Waals surface area contributed by atoms with E-state index in [0.29, 0.717) is 17.2 Å². The van der Waals surface area contributed by atoms with Crippen molar-refractivity contribution in [2.75, 3.05) is 10.6 Å². The molecule has 1 aliphatic rings. The van der Waals surface area contributed by atoms with Crippen molar-refractivity contribution in [3.05, 3.63) is 107 Å². The number of imidazole rings is 1. The van der Waals surface area contributed by atoms with Crippen LogP contribution in [0.15, 0.2) is 83.9 Å². The summed E-state index contributed by atoms with van der Waals surface area (Å²) in [6.45, 7) is 0. The molecule has 0 radical (unpaired) electrons. The van der Waals surface area contributed by atoms with Crippen LogP contribution in [0, 0.1) is 17.6 Å². The maximum atomic E-state index is 14.9. The first-order valence-electron chi connectivity index (χ1n) is 12.3. The van der Waals surface area contributed by atoms with Crippen LogP contribution in [0.25, 0.3) is 11.3 Å². The standard InChI is InChI=1S/C28H20F2N6O4/c29-17-5-8-19(9-6-17)35-13-1-2-20(28(35)39)27(38)31-18-7-10-22(21(30)14-18)40-25-12-11-24-32-23(15-36(24)34-25)33-26(37)16-3-4-16/h1-2,5-16H,3-4H2,(H,31,38)(H,33,37). The summed E-state index contributed by atoms with van der Waals surface area (Å²) in [7, 11) is 0. The number of rotatable bonds is 7. The van der Waals surface area contributed by atoms with E-state index in [9.17, 15) is 23.2 Å². The van der Waals surface area contributed by atoms with Gasteiger partial charge < -0.3 is 15.4 Å². The molecule has 3 aromatic heterocycles. The molecule has 0 atom stereocenters. The fraction of sp³-hybridized carbons (Fsp3) is 0.107. The first-order valence-corrected chi connectivity index (χ1v) is 12.3. The van der Waals surface area contributed by atoms with Crippen LogP contribution in [0.2, 0.25) is 0 Å². The quantitative estimate of drug-likeness (QED) is 0.311. The Bertz CT molecular complexity index is 1830. The summed E-state index contributed by atoms with van der Waals surface area (Å²) in [6, 6.07) is 15.0. The van der Waals surface area contributed by atoms with Crippen LogP contribution in [0.4, 0.5) is 20.3 Å². The van der Waals surface area contributed by atoms with E-state index in [4.69, 9.17) is 4.74 Å². The zero-order chi connectivity index (χ0) is 27.8. The molecule has 0 unspecified atom stereocenters. The van der Waals surface area contributed by atoms with Crippen LogP contribution in [0.5, 0.6) is 11.6 Å². The number of hydrogen-bond donors (Lipinski definition) is 2. The van der Waals surface area contributed by atoms with E-state index in [2.05, 4.69) is 20.7 Å². The van der Waals surface area contributed by atoms with Gasteiger partial charge in [-0.2, -0.15) is 0 Å². The van der Waals surface area contributed by atoms with Crippen molar-refractivity contribution in [3.63, 3.8) is 0 Å². The topological polar surface area (TPSA) is 120 Å². The zero-order valence-corrected chi connectivity index (χ0v) is 20.7. The molecule has 6 rings (SSSR count). The second-order valence-corrected chi connectivity index (χ2v) is 9.14. The van der Waals surface area contributed by atoms with E-state index in [1.54, 1.807) is 6.07 Å². The largest absolute Gasteiger partial charge is 0.434 e. The summed E-state index contributed by atoms with van der Waals surface area (Å²) in [5.41, 5.74) is 0.147. The highest BCUT2D eigenvalue weighted by Gasteiger charge is 2.30. The summed E-state index contributed by atoms with van der Waals surface area (Å²) in [4.78, 5) is 41.9. The monoisotopic (exact) mass is 542 g/mol. The van der Waals surface area contributed by atoms with Gasteiger partial charge in [0.25, 0.3) is 11.5 Å². The number of halogens is 2. The van der Waals surface area contributed by atoms with Crippen LogP contribution >= 0.6 is 0 Å². The Hall–Kier alpha value is -5.39. The number of hydrogen-bond acceptors (Lipinski definition) is 6. The van der Waals surface area contributed by atoms with E-state index in [0.717, 1.165) is 18.9 Å². The van der Waals surface area contributed by atoms with Crippen LogP contribution in [0.3, 0.4) is 0 Å². The Labute approximate surface area is 224 Å². The summed E-state index contributed by atoms with van der Waals surface area (Å²) in [5, 5.41) is 9.49.